The van der Waals surface area contributed by atoms with Gasteiger partial charge in [-0.05, 0) is 55.7 Å². The molecule has 0 aliphatic heterocycles. The quantitative estimate of drug-likeness (QED) is 0.267. The number of benzene rings is 2. The number of halogens is 9. The van der Waals surface area contributed by atoms with Gasteiger partial charge in [-0.3, -0.25) is 4.99 Å². The normalized spacial score (nSPS) is 14.5. The molecule has 1 heterocycles. The van der Waals surface area contributed by atoms with Crippen LogP contribution < -0.4 is 0 Å². The summed E-state index contributed by atoms with van der Waals surface area (Å²) in [6.07, 6.45) is -15.2. The van der Waals surface area contributed by atoms with Crippen LogP contribution in [0.25, 0.3) is 11.1 Å². The van der Waals surface area contributed by atoms with Crippen molar-refractivity contribution in [2.75, 3.05) is 0 Å². The van der Waals surface area contributed by atoms with E-state index in [-0.39, 0.29) is 28.0 Å². The molecule has 0 unspecified atom stereocenters. The summed E-state index contributed by atoms with van der Waals surface area (Å²) in [4.78, 5) is 10.7. The van der Waals surface area contributed by atoms with Gasteiger partial charge >= 0.3 is 18.5 Å². The third-order valence-corrected chi connectivity index (χ3v) is 5.77. The second-order valence-electron chi connectivity index (χ2n) is 8.60. The molecule has 0 bridgehead atoms. The Labute approximate surface area is 210 Å². The van der Waals surface area contributed by atoms with Gasteiger partial charge in [0, 0.05) is 29.2 Å². The zero-order valence-electron chi connectivity index (χ0n) is 20.0. The van der Waals surface area contributed by atoms with Gasteiger partial charge in [0.1, 0.15) is 0 Å². The highest BCUT2D eigenvalue weighted by atomic mass is 19.4. The minimum atomic E-state index is -6.11. The van der Waals surface area contributed by atoms with E-state index in [0.29, 0.717) is 12.1 Å². The maximum atomic E-state index is 13.7. The van der Waals surface area contributed by atoms with Crippen molar-refractivity contribution in [2.45, 2.75) is 50.9 Å². The highest BCUT2D eigenvalue weighted by molar-refractivity contribution is 6.00. The molecular formula is C25H20F9N3O. The molecule has 13 heteroatoms. The van der Waals surface area contributed by atoms with E-state index < -0.39 is 41.6 Å². The Hall–Kier alpha value is -3.48. The lowest BCUT2D eigenvalue weighted by Crippen LogP contribution is -2.54. The van der Waals surface area contributed by atoms with E-state index in [1.165, 1.54) is 32.0 Å². The first-order valence-corrected chi connectivity index (χ1v) is 10.9. The maximum Gasteiger partial charge on any atom is 0.451 e. The first-order chi connectivity index (χ1) is 17.3. The van der Waals surface area contributed by atoms with Crippen LogP contribution >= 0.6 is 0 Å². The lowest BCUT2D eigenvalue weighted by molar-refractivity contribution is -0.376. The van der Waals surface area contributed by atoms with Crippen LogP contribution in [0.2, 0.25) is 0 Å². The van der Waals surface area contributed by atoms with Crippen molar-refractivity contribution in [2.24, 2.45) is 4.99 Å². The minimum absolute atomic E-state index is 0.0423. The number of aromatic nitrogens is 2. The van der Waals surface area contributed by atoms with Crippen LogP contribution in [0.15, 0.2) is 59.9 Å². The van der Waals surface area contributed by atoms with Gasteiger partial charge in [0.05, 0.1) is 6.04 Å². The van der Waals surface area contributed by atoms with Gasteiger partial charge in [0.15, 0.2) is 0 Å². The number of alkyl halides is 9. The Kier molecular flexibility index (Phi) is 7.66. The summed E-state index contributed by atoms with van der Waals surface area (Å²) in [5.74, 6) is -1.39. The molecule has 1 atom stereocenters. The maximum absolute atomic E-state index is 13.7. The van der Waals surface area contributed by atoms with Gasteiger partial charge in [0.2, 0.25) is 5.82 Å². The van der Waals surface area contributed by atoms with Crippen LogP contribution in [0.5, 0.6) is 0 Å². The topological polar surface area (TPSA) is 58.4 Å². The van der Waals surface area contributed by atoms with Crippen LogP contribution in [0.4, 0.5) is 39.5 Å². The van der Waals surface area contributed by atoms with Crippen molar-refractivity contribution >= 4 is 5.71 Å². The van der Waals surface area contributed by atoms with E-state index in [0.717, 1.165) is 18.0 Å². The van der Waals surface area contributed by atoms with Crippen LogP contribution in [0.3, 0.4) is 0 Å². The van der Waals surface area contributed by atoms with Crippen molar-refractivity contribution in [1.29, 1.82) is 0 Å². The molecule has 0 saturated heterocycles. The second-order valence-corrected chi connectivity index (χ2v) is 8.60. The summed E-state index contributed by atoms with van der Waals surface area (Å²) >= 11 is 0. The minimum Gasteiger partial charge on any atom is -0.369 e. The van der Waals surface area contributed by atoms with E-state index in [4.69, 9.17) is 0 Å². The smallest absolute Gasteiger partial charge is 0.369 e. The predicted octanol–water partition coefficient (Wildman–Crippen LogP) is 7.35. The van der Waals surface area contributed by atoms with E-state index in [2.05, 4.69) is 15.0 Å². The largest absolute Gasteiger partial charge is 0.451 e. The van der Waals surface area contributed by atoms with E-state index in [1.807, 2.05) is 0 Å². The van der Waals surface area contributed by atoms with Gasteiger partial charge in [-0.15, -0.1) is 0 Å². The molecule has 0 spiro atoms. The molecule has 0 aliphatic carbocycles. The van der Waals surface area contributed by atoms with E-state index in [9.17, 15) is 44.6 Å². The molecule has 0 saturated carbocycles. The number of aryl methyl sites for hydroxylation is 1. The SMILES string of the molecule is CC(=N[C@H](C)c1cnc(C(F)(F)F)nc1)c1cc(-c2ccc(C)cc2)cc(C(O)(C(F)(F)F)C(F)(F)F)c1. The average Bonchev–Trinajstić information content (AvgIpc) is 2.81. The van der Waals surface area contributed by atoms with Gasteiger partial charge in [-0.25, -0.2) is 9.97 Å². The second kappa shape index (κ2) is 10.0. The summed E-state index contributed by atoms with van der Waals surface area (Å²) in [5.41, 5.74) is -5.73. The first kappa shape index (κ1) is 29.1. The number of nitrogens with zero attached hydrogens (tertiary/aromatic N) is 3. The molecule has 38 heavy (non-hydrogen) atoms. The van der Waals surface area contributed by atoms with Gasteiger partial charge in [-0.2, -0.15) is 39.5 Å². The van der Waals surface area contributed by atoms with Gasteiger partial charge in [0.25, 0.3) is 5.60 Å². The third kappa shape index (κ3) is 5.82. The lowest BCUT2D eigenvalue weighted by atomic mass is 9.87. The fourth-order valence-electron chi connectivity index (χ4n) is 3.59. The molecule has 0 fully saturated rings. The highest BCUT2D eigenvalue weighted by Gasteiger charge is 2.71. The molecule has 2 aromatic carbocycles. The molecule has 0 aliphatic rings. The Bertz CT molecular complexity index is 1300. The highest BCUT2D eigenvalue weighted by Crippen LogP contribution is 2.50. The van der Waals surface area contributed by atoms with E-state index in [1.54, 1.807) is 19.1 Å². The fourth-order valence-corrected chi connectivity index (χ4v) is 3.59. The molecule has 3 aromatic rings. The van der Waals surface area contributed by atoms with Crippen molar-refractivity contribution in [3.05, 3.63) is 82.9 Å². The van der Waals surface area contributed by atoms with Crippen LogP contribution in [-0.4, -0.2) is 33.1 Å². The number of aliphatic imine (C=N–C) groups is 1. The van der Waals surface area contributed by atoms with E-state index >= 15 is 0 Å². The summed E-state index contributed by atoms with van der Waals surface area (Å²) in [5, 5.41) is 10.0. The number of hydrogen-bond acceptors (Lipinski definition) is 4. The van der Waals surface area contributed by atoms with Crippen LogP contribution in [0, 0.1) is 6.92 Å². The zero-order chi connectivity index (χ0) is 28.7. The monoisotopic (exact) mass is 549 g/mol. The zero-order valence-corrected chi connectivity index (χ0v) is 20.0. The van der Waals surface area contributed by atoms with Crippen LogP contribution in [-0.2, 0) is 11.8 Å². The Morgan fingerprint density at radius 2 is 1.34 bits per heavy atom. The lowest BCUT2D eigenvalue weighted by Gasteiger charge is -2.33. The molecule has 1 aromatic heterocycles. The van der Waals surface area contributed by atoms with Crippen molar-refractivity contribution in [3.8, 4) is 11.1 Å². The van der Waals surface area contributed by atoms with Crippen molar-refractivity contribution in [1.82, 2.24) is 9.97 Å². The Morgan fingerprint density at radius 1 is 0.816 bits per heavy atom. The fraction of sp³-hybridized carbons (Fsp3) is 0.320. The third-order valence-electron chi connectivity index (χ3n) is 5.77. The van der Waals surface area contributed by atoms with Crippen LogP contribution in [0.1, 0.15) is 48.0 Å². The molecule has 1 N–H and O–H groups in total. The van der Waals surface area contributed by atoms with Crippen molar-refractivity contribution in [3.63, 3.8) is 0 Å². The number of hydrogen-bond donors (Lipinski definition) is 1. The summed E-state index contributed by atoms with van der Waals surface area (Å²) < 4.78 is 120. The standard InChI is InChI=1S/C25H20F9N3O/c1-13-4-6-16(7-5-13)18-8-17(9-20(10-18)22(38,24(29,30)31)25(32,33)34)14(2)37-15(3)19-11-35-21(36-12-19)23(26,27)28/h4-12,15,38H,1-3H3/t15-/m1/s1. The summed E-state index contributed by atoms with van der Waals surface area (Å²) in [6.45, 7) is 4.47. The Balaban J connectivity index is 2.16. The molecule has 0 radical (unpaired) electrons. The van der Waals surface area contributed by atoms with Gasteiger partial charge in [-0.1, -0.05) is 29.8 Å². The predicted molar refractivity (Wildman–Crippen MR) is 120 cm³/mol. The first-order valence-electron chi connectivity index (χ1n) is 10.9. The number of rotatable bonds is 5. The van der Waals surface area contributed by atoms with Gasteiger partial charge < -0.3 is 5.11 Å². The Morgan fingerprint density at radius 3 is 1.82 bits per heavy atom. The molecular weight excluding hydrogens is 529 g/mol. The average molecular weight is 549 g/mol. The summed E-state index contributed by atoms with van der Waals surface area (Å²) in [7, 11) is 0. The molecule has 3 rings (SSSR count). The molecule has 4 nitrogen and oxygen atoms in total. The summed E-state index contributed by atoms with van der Waals surface area (Å²) in [6, 6.07) is 7.73. The molecule has 0 amide bonds. The number of aliphatic hydroxyl groups is 1. The van der Waals surface area contributed by atoms with Crippen molar-refractivity contribution < 1.29 is 44.6 Å². The molecule has 204 valence electrons.